The van der Waals surface area contributed by atoms with Gasteiger partial charge in [-0.2, -0.15) is 0 Å². The molecular weight excluding hydrogens is 356 g/mol. The third-order valence-corrected chi connectivity index (χ3v) is 4.05. The van der Waals surface area contributed by atoms with Gasteiger partial charge in [0, 0.05) is 43.7 Å². The molecule has 2 N–H and O–H groups in total. The highest BCUT2D eigenvalue weighted by atomic mass is 16.5. The summed E-state index contributed by atoms with van der Waals surface area (Å²) in [4.78, 5) is 16.3. The Bertz CT molecular complexity index is 817. The van der Waals surface area contributed by atoms with Gasteiger partial charge in [-0.3, -0.25) is 9.79 Å². The first kappa shape index (κ1) is 21.3. The van der Waals surface area contributed by atoms with Gasteiger partial charge in [0.2, 0.25) is 5.56 Å². The van der Waals surface area contributed by atoms with Gasteiger partial charge < -0.3 is 24.7 Å². The number of nitrogens with zero attached hydrogens (tertiary/aromatic N) is 2. The normalized spacial score (nSPS) is 11.2. The Labute approximate surface area is 166 Å². The summed E-state index contributed by atoms with van der Waals surface area (Å²) in [5.41, 5.74) is 0.904. The molecule has 7 heteroatoms. The maximum Gasteiger partial charge on any atom is 0.250 e. The Morgan fingerprint density at radius 2 is 2.00 bits per heavy atom. The van der Waals surface area contributed by atoms with Gasteiger partial charge in [0.1, 0.15) is 0 Å². The molecule has 0 saturated heterocycles. The molecule has 0 aliphatic heterocycles. The molecule has 1 aromatic heterocycles. The highest BCUT2D eigenvalue weighted by Crippen LogP contribution is 2.30. The van der Waals surface area contributed by atoms with E-state index >= 15 is 0 Å². The van der Waals surface area contributed by atoms with Gasteiger partial charge in [0.25, 0.3) is 0 Å². The molecule has 0 radical (unpaired) electrons. The molecule has 1 heterocycles. The van der Waals surface area contributed by atoms with Crippen LogP contribution in [-0.2, 0) is 6.54 Å². The molecule has 0 bridgehead atoms. The Morgan fingerprint density at radius 3 is 2.71 bits per heavy atom. The standard InChI is InChI=1S/C21H30N4O3/c1-4-22-21(23-13-7-9-15-25-14-8-6-10-20(25)26)24-17-11-12-18(28-5-2)19(16-17)27-3/h6,8,10-12,14,16H,4-5,7,9,13,15H2,1-3H3,(H2,22,23,24). The zero-order valence-electron chi connectivity index (χ0n) is 16.9. The number of pyridine rings is 1. The van der Waals surface area contributed by atoms with Gasteiger partial charge in [0.15, 0.2) is 17.5 Å². The van der Waals surface area contributed by atoms with Crippen LogP contribution in [0.4, 0.5) is 5.69 Å². The minimum atomic E-state index is 0.0328. The van der Waals surface area contributed by atoms with Crippen molar-refractivity contribution >= 4 is 11.6 Å². The van der Waals surface area contributed by atoms with Crippen molar-refractivity contribution in [2.45, 2.75) is 33.2 Å². The third kappa shape index (κ3) is 6.64. The molecule has 0 aliphatic rings. The summed E-state index contributed by atoms with van der Waals surface area (Å²) >= 11 is 0. The number of guanidine groups is 1. The number of aliphatic imine (C=N–C) groups is 1. The van der Waals surface area contributed by atoms with Crippen molar-refractivity contribution < 1.29 is 9.47 Å². The minimum absolute atomic E-state index is 0.0328. The summed E-state index contributed by atoms with van der Waals surface area (Å²) in [6.07, 6.45) is 3.60. The van der Waals surface area contributed by atoms with Crippen LogP contribution >= 0.6 is 0 Å². The van der Waals surface area contributed by atoms with E-state index in [1.807, 2.05) is 44.3 Å². The number of rotatable bonds is 10. The second kappa shape index (κ2) is 11.7. The molecule has 0 unspecified atom stereocenters. The van der Waals surface area contributed by atoms with Crippen LogP contribution in [0.2, 0.25) is 0 Å². The van der Waals surface area contributed by atoms with Crippen molar-refractivity contribution in [3.8, 4) is 11.5 Å². The van der Waals surface area contributed by atoms with E-state index in [9.17, 15) is 4.79 Å². The Morgan fingerprint density at radius 1 is 1.14 bits per heavy atom. The van der Waals surface area contributed by atoms with Gasteiger partial charge in [-0.25, -0.2) is 0 Å². The molecule has 0 atom stereocenters. The van der Waals surface area contributed by atoms with Gasteiger partial charge >= 0.3 is 0 Å². The number of ether oxygens (including phenoxy) is 2. The number of hydrogen-bond donors (Lipinski definition) is 2. The van der Waals surface area contributed by atoms with Crippen molar-refractivity contribution in [3.63, 3.8) is 0 Å². The molecular formula is C21H30N4O3. The monoisotopic (exact) mass is 386 g/mol. The molecule has 7 nitrogen and oxygen atoms in total. The van der Waals surface area contributed by atoms with Crippen molar-refractivity contribution in [2.75, 3.05) is 32.1 Å². The first-order chi connectivity index (χ1) is 13.7. The second-order valence-corrected chi connectivity index (χ2v) is 6.12. The van der Waals surface area contributed by atoms with Gasteiger partial charge in [0.05, 0.1) is 13.7 Å². The van der Waals surface area contributed by atoms with Crippen molar-refractivity contribution in [3.05, 3.63) is 52.9 Å². The first-order valence-corrected chi connectivity index (χ1v) is 9.69. The van der Waals surface area contributed by atoms with Crippen LogP contribution in [0.25, 0.3) is 0 Å². The number of nitrogens with one attached hydrogen (secondary N) is 2. The lowest BCUT2D eigenvalue weighted by Gasteiger charge is -2.14. The fraction of sp³-hybridized carbons (Fsp3) is 0.429. The molecule has 0 fully saturated rings. The van der Waals surface area contributed by atoms with E-state index < -0.39 is 0 Å². The summed E-state index contributed by atoms with van der Waals surface area (Å²) in [7, 11) is 1.62. The number of benzene rings is 1. The van der Waals surface area contributed by atoms with Crippen LogP contribution in [0, 0.1) is 0 Å². The summed E-state index contributed by atoms with van der Waals surface area (Å²) in [6.45, 7) is 6.69. The number of unbranched alkanes of at least 4 members (excludes halogenated alkanes) is 1. The largest absolute Gasteiger partial charge is 0.493 e. The van der Waals surface area contributed by atoms with E-state index in [1.165, 1.54) is 0 Å². The molecule has 0 saturated carbocycles. The summed E-state index contributed by atoms with van der Waals surface area (Å²) in [5.74, 6) is 2.11. The van der Waals surface area contributed by atoms with E-state index in [0.717, 1.165) is 25.1 Å². The fourth-order valence-corrected chi connectivity index (χ4v) is 2.69. The Kier molecular flexibility index (Phi) is 8.91. The van der Waals surface area contributed by atoms with Gasteiger partial charge in [-0.15, -0.1) is 0 Å². The molecule has 0 amide bonds. The molecule has 2 aromatic rings. The average molecular weight is 386 g/mol. The SMILES string of the molecule is CCNC(=NCCCCn1ccccc1=O)Nc1ccc(OCC)c(OC)c1. The molecule has 28 heavy (non-hydrogen) atoms. The first-order valence-electron chi connectivity index (χ1n) is 9.69. The number of methoxy groups -OCH3 is 1. The molecule has 1 aromatic carbocycles. The zero-order chi connectivity index (χ0) is 20.2. The smallest absolute Gasteiger partial charge is 0.250 e. The van der Waals surface area contributed by atoms with E-state index in [1.54, 1.807) is 23.8 Å². The quantitative estimate of drug-likeness (QED) is 0.373. The molecule has 2 rings (SSSR count). The predicted octanol–water partition coefficient (Wildman–Crippen LogP) is 3.11. The Balaban J connectivity index is 1.91. The lowest BCUT2D eigenvalue weighted by molar-refractivity contribution is 0.311. The van der Waals surface area contributed by atoms with Gasteiger partial charge in [-0.1, -0.05) is 6.07 Å². The summed E-state index contributed by atoms with van der Waals surface area (Å²) in [6, 6.07) is 10.9. The highest BCUT2D eigenvalue weighted by Gasteiger charge is 2.07. The molecule has 0 aliphatic carbocycles. The van der Waals surface area contributed by atoms with E-state index in [2.05, 4.69) is 15.6 Å². The van der Waals surface area contributed by atoms with Crippen molar-refractivity contribution in [1.82, 2.24) is 9.88 Å². The van der Waals surface area contributed by atoms with E-state index in [-0.39, 0.29) is 5.56 Å². The van der Waals surface area contributed by atoms with Crippen LogP contribution < -0.4 is 25.7 Å². The van der Waals surface area contributed by atoms with Crippen LogP contribution in [0.15, 0.2) is 52.4 Å². The number of anilines is 1. The van der Waals surface area contributed by atoms with E-state index in [0.29, 0.717) is 37.2 Å². The van der Waals surface area contributed by atoms with Crippen molar-refractivity contribution in [2.24, 2.45) is 4.99 Å². The highest BCUT2D eigenvalue weighted by molar-refractivity contribution is 5.93. The average Bonchev–Trinajstić information content (AvgIpc) is 2.70. The Hall–Kier alpha value is -2.96. The van der Waals surface area contributed by atoms with Crippen LogP contribution in [0.3, 0.4) is 0 Å². The number of hydrogen-bond acceptors (Lipinski definition) is 4. The maximum atomic E-state index is 11.7. The fourth-order valence-electron chi connectivity index (χ4n) is 2.69. The van der Waals surface area contributed by atoms with Gasteiger partial charge in [-0.05, 0) is 44.9 Å². The number of aryl methyl sites for hydroxylation is 1. The topological polar surface area (TPSA) is 76.9 Å². The molecule has 152 valence electrons. The van der Waals surface area contributed by atoms with Crippen LogP contribution in [0.5, 0.6) is 11.5 Å². The number of aromatic nitrogens is 1. The second-order valence-electron chi connectivity index (χ2n) is 6.12. The zero-order valence-corrected chi connectivity index (χ0v) is 16.9. The lowest BCUT2D eigenvalue weighted by Crippen LogP contribution is -2.30. The maximum absolute atomic E-state index is 11.7. The predicted molar refractivity (Wildman–Crippen MR) is 114 cm³/mol. The van der Waals surface area contributed by atoms with Crippen LogP contribution in [0.1, 0.15) is 26.7 Å². The summed E-state index contributed by atoms with van der Waals surface area (Å²) in [5, 5.41) is 6.53. The third-order valence-electron chi connectivity index (χ3n) is 4.05. The summed E-state index contributed by atoms with van der Waals surface area (Å²) < 4.78 is 12.7. The van der Waals surface area contributed by atoms with Crippen molar-refractivity contribution in [1.29, 1.82) is 0 Å². The molecule has 0 spiro atoms. The minimum Gasteiger partial charge on any atom is -0.493 e. The van der Waals surface area contributed by atoms with E-state index in [4.69, 9.17) is 9.47 Å². The van der Waals surface area contributed by atoms with Crippen LogP contribution in [-0.4, -0.2) is 37.3 Å². The lowest BCUT2D eigenvalue weighted by atomic mass is 10.2.